The second kappa shape index (κ2) is 10.8. The number of halogens is 1. The fourth-order valence-corrected chi connectivity index (χ4v) is 5.23. The molecular formula is C30H31FN4O3. The number of aromatic nitrogens is 2. The number of aryl methyl sites for hydroxylation is 1. The van der Waals surface area contributed by atoms with Gasteiger partial charge in [-0.1, -0.05) is 30.3 Å². The molecule has 0 spiro atoms. The van der Waals surface area contributed by atoms with E-state index in [1.165, 1.54) is 13.2 Å². The molecular weight excluding hydrogens is 483 g/mol. The van der Waals surface area contributed by atoms with E-state index in [2.05, 4.69) is 17.0 Å². The molecule has 4 aromatic rings. The van der Waals surface area contributed by atoms with Crippen LogP contribution in [0.1, 0.15) is 24.0 Å². The van der Waals surface area contributed by atoms with Crippen molar-refractivity contribution >= 4 is 45.3 Å². The lowest BCUT2D eigenvalue weighted by Gasteiger charge is -2.33. The number of fused-ring (bicyclic) bond motifs is 2. The van der Waals surface area contributed by atoms with Gasteiger partial charge in [0.25, 0.3) is 0 Å². The normalized spacial score (nSPS) is 14.9. The molecule has 1 aliphatic heterocycles. The molecule has 0 radical (unpaired) electrons. The average molecular weight is 515 g/mol. The lowest BCUT2D eigenvalue weighted by atomic mass is 9.94. The third-order valence-electron chi connectivity index (χ3n) is 7.35. The Morgan fingerprint density at radius 3 is 2.63 bits per heavy atom. The van der Waals surface area contributed by atoms with E-state index in [0.717, 1.165) is 47.8 Å². The summed E-state index contributed by atoms with van der Waals surface area (Å²) in [5, 5.41) is 6.22. The molecule has 196 valence electrons. The highest BCUT2D eigenvalue weighted by atomic mass is 19.1. The molecule has 0 unspecified atom stereocenters. The Hall–Kier alpha value is -4.04. The number of methoxy groups -OCH3 is 1. The summed E-state index contributed by atoms with van der Waals surface area (Å²) in [4.78, 5) is 29.6. The zero-order valence-corrected chi connectivity index (χ0v) is 21.9. The minimum Gasteiger partial charge on any atom is -0.466 e. The van der Waals surface area contributed by atoms with Crippen molar-refractivity contribution in [3.63, 3.8) is 0 Å². The average Bonchev–Trinajstić information content (AvgIpc) is 3.31. The molecule has 1 amide bonds. The van der Waals surface area contributed by atoms with Gasteiger partial charge in [-0.05, 0) is 73.8 Å². The number of likely N-dealkylation sites (tertiary alicyclic amines) is 1. The maximum Gasteiger partial charge on any atom is 0.330 e. The van der Waals surface area contributed by atoms with E-state index in [1.807, 2.05) is 48.5 Å². The van der Waals surface area contributed by atoms with Gasteiger partial charge in [0, 0.05) is 35.5 Å². The Morgan fingerprint density at radius 2 is 1.87 bits per heavy atom. The summed E-state index contributed by atoms with van der Waals surface area (Å²) in [5.41, 5.74) is 2.61. The van der Waals surface area contributed by atoms with Gasteiger partial charge in [-0.25, -0.2) is 9.18 Å². The van der Waals surface area contributed by atoms with Crippen LogP contribution in [0.15, 0.2) is 60.8 Å². The van der Waals surface area contributed by atoms with Gasteiger partial charge in [0.05, 0.1) is 19.9 Å². The molecule has 0 saturated carbocycles. The number of hydrogen-bond acceptors (Lipinski definition) is 5. The second-order valence-corrected chi connectivity index (χ2v) is 9.87. The summed E-state index contributed by atoms with van der Waals surface area (Å²) < 4.78 is 22.2. The van der Waals surface area contributed by atoms with E-state index in [1.54, 1.807) is 28.9 Å². The van der Waals surface area contributed by atoms with Crippen molar-refractivity contribution < 1.29 is 18.7 Å². The summed E-state index contributed by atoms with van der Waals surface area (Å²) in [5.74, 6) is -0.896. The zero-order valence-electron chi connectivity index (χ0n) is 21.9. The lowest BCUT2D eigenvalue weighted by molar-refractivity contribution is -0.134. The highest BCUT2D eigenvalue weighted by Crippen LogP contribution is 2.32. The molecule has 5 rings (SSSR count). The summed E-state index contributed by atoms with van der Waals surface area (Å²) in [7, 11) is 5.12. The van der Waals surface area contributed by atoms with Gasteiger partial charge in [0.2, 0.25) is 5.91 Å². The van der Waals surface area contributed by atoms with Crippen molar-refractivity contribution in [3.05, 3.63) is 77.7 Å². The van der Waals surface area contributed by atoms with Crippen molar-refractivity contribution in [2.75, 3.05) is 32.1 Å². The second-order valence-electron chi connectivity index (χ2n) is 9.87. The molecule has 0 bridgehead atoms. The number of carbonyl (C=O) groups is 2. The molecule has 3 aromatic carbocycles. The minimum atomic E-state index is -0.456. The molecule has 1 aliphatic rings. The first-order valence-corrected chi connectivity index (χ1v) is 12.7. The van der Waals surface area contributed by atoms with Gasteiger partial charge in [-0.3, -0.25) is 9.48 Å². The van der Waals surface area contributed by atoms with Crippen molar-refractivity contribution in [1.82, 2.24) is 14.7 Å². The molecule has 1 fully saturated rings. The first kappa shape index (κ1) is 25.6. The summed E-state index contributed by atoms with van der Waals surface area (Å²) in [6.07, 6.45) is 6.21. The summed E-state index contributed by atoms with van der Waals surface area (Å²) >= 11 is 0. The monoisotopic (exact) mass is 514 g/mol. The maximum absolute atomic E-state index is 15.9. The van der Waals surface area contributed by atoms with Crippen LogP contribution in [0, 0.1) is 11.7 Å². The molecule has 0 aliphatic carbocycles. The Kier molecular flexibility index (Phi) is 7.24. The van der Waals surface area contributed by atoms with Crippen LogP contribution in [0.4, 0.5) is 10.1 Å². The van der Waals surface area contributed by atoms with Gasteiger partial charge in [0.1, 0.15) is 5.52 Å². The molecule has 0 N–H and O–H groups in total. The number of hydrogen-bond donors (Lipinski definition) is 0. The van der Waals surface area contributed by atoms with Gasteiger partial charge < -0.3 is 14.5 Å². The quantitative estimate of drug-likeness (QED) is 0.270. The number of carbonyl (C=O) groups excluding carboxylic acids is 2. The topological polar surface area (TPSA) is 67.7 Å². The van der Waals surface area contributed by atoms with Crippen LogP contribution in [-0.2, 0) is 27.9 Å². The minimum absolute atomic E-state index is 0.0196. The number of rotatable bonds is 6. The van der Waals surface area contributed by atoms with Crippen molar-refractivity contribution in [2.45, 2.75) is 19.4 Å². The lowest BCUT2D eigenvalue weighted by Crippen LogP contribution is -2.41. The fourth-order valence-electron chi connectivity index (χ4n) is 5.23. The highest BCUT2D eigenvalue weighted by molar-refractivity contribution is 6.00. The summed E-state index contributed by atoms with van der Waals surface area (Å²) in [6.45, 7) is 1.92. The smallest absolute Gasteiger partial charge is 0.330 e. The molecule has 38 heavy (non-hydrogen) atoms. The SMILES string of the molecule is COC(=O)C=Cc1cccc(N(Cc2cccc3cc4cnn(C)c4c(F)c23)C(=O)C2CCN(C)CC2)c1. The number of esters is 1. The highest BCUT2D eigenvalue weighted by Gasteiger charge is 2.29. The third kappa shape index (κ3) is 5.04. The molecule has 8 heteroatoms. The van der Waals surface area contributed by atoms with Crippen LogP contribution in [0.25, 0.3) is 27.8 Å². The van der Waals surface area contributed by atoms with Crippen molar-refractivity contribution in [3.8, 4) is 0 Å². The number of amides is 1. The van der Waals surface area contributed by atoms with E-state index in [0.29, 0.717) is 16.6 Å². The largest absolute Gasteiger partial charge is 0.466 e. The van der Waals surface area contributed by atoms with E-state index >= 15 is 4.39 Å². The number of ether oxygens (including phenoxy) is 1. The van der Waals surface area contributed by atoms with Crippen LogP contribution in [-0.4, -0.2) is 53.8 Å². The standard InChI is InChI=1S/C30H31FN4O3/c1-33-14-12-21(13-15-33)30(37)35(25-9-4-6-20(16-25)10-11-26(36)38-3)19-23-8-5-7-22-17-24-18-32-34(2)29(24)28(31)27(22)23/h4-11,16-18,21H,12-15,19H2,1-3H3. The predicted molar refractivity (Wildman–Crippen MR) is 147 cm³/mol. The maximum atomic E-state index is 15.9. The number of piperidine rings is 1. The zero-order chi connectivity index (χ0) is 26.8. The van der Waals surface area contributed by atoms with E-state index in [-0.39, 0.29) is 24.2 Å². The van der Waals surface area contributed by atoms with Crippen LogP contribution in [0.5, 0.6) is 0 Å². The molecule has 2 heterocycles. The fraction of sp³-hybridized carbons (Fsp3) is 0.300. The predicted octanol–water partition coefficient (Wildman–Crippen LogP) is 4.93. The van der Waals surface area contributed by atoms with Gasteiger partial charge in [-0.15, -0.1) is 0 Å². The Labute approximate surface area is 221 Å². The van der Waals surface area contributed by atoms with E-state index < -0.39 is 5.97 Å². The Bertz CT molecular complexity index is 1540. The number of benzene rings is 3. The summed E-state index contributed by atoms with van der Waals surface area (Å²) in [6, 6.07) is 15.1. The molecule has 7 nitrogen and oxygen atoms in total. The van der Waals surface area contributed by atoms with Crippen molar-refractivity contribution in [2.24, 2.45) is 13.0 Å². The Morgan fingerprint density at radius 1 is 1.11 bits per heavy atom. The van der Waals surface area contributed by atoms with E-state index in [4.69, 9.17) is 4.74 Å². The first-order chi connectivity index (χ1) is 18.4. The Balaban J connectivity index is 1.58. The van der Waals surface area contributed by atoms with Gasteiger partial charge in [0.15, 0.2) is 5.82 Å². The molecule has 1 saturated heterocycles. The van der Waals surface area contributed by atoms with Crippen LogP contribution >= 0.6 is 0 Å². The third-order valence-corrected chi connectivity index (χ3v) is 7.35. The first-order valence-electron chi connectivity index (χ1n) is 12.7. The molecule has 0 atom stereocenters. The molecule has 1 aromatic heterocycles. The van der Waals surface area contributed by atoms with Crippen LogP contribution < -0.4 is 4.90 Å². The van der Waals surface area contributed by atoms with Crippen LogP contribution in [0.3, 0.4) is 0 Å². The number of nitrogens with zero attached hydrogens (tertiary/aromatic N) is 4. The van der Waals surface area contributed by atoms with Crippen molar-refractivity contribution in [1.29, 1.82) is 0 Å². The number of anilines is 1. The van der Waals surface area contributed by atoms with Crippen LogP contribution in [0.2, 0.25) is 0 Å². The van der Waals surface area contributed by atoms with Gasteiger partial charge >= 0.3 is 5.97 Å². The van der Waals surface area contributed by atoms with E-state index in [9.17, 15) is 9.59 Å². The van der Waals surface area contributed by atoms with Gasteiger partial charge in [-0.2, -0.15) is 5.10 Å².